The molecule has 2 aromatic rings. The average Bonchev–Trinajstić information content (AvgIpc) is 2.64. The molecule has 25 heavy (non-hydrogen) atoms. The number of nitrogen functional groups attached to an aromatic ring is 1. The molecule has 0 saturated carbocycles. The topological polar surface area (TPSA) is 61.5 Å². The molecule has 1 heterocycles. The smallest absolute Gasteiger partial charge is 0.310 e. The van der Waals surface area contributed by atoms with Gasteiger partial charge in [0, 0.05) is 10.2 Å². The summed E-state index contributed by atoms with van der Waals surface area (Å²) in [6.45, 7) is 4.74. The van der Waals surface area contributed by atoms with Gasteiger partial charge in [0.15, 0.2) is 0 Å². The number of halogens is 1. The van der Waals surface area contributed by atoms with E-state index in [2.05, 4.69) is 28.1 Å². The third-order valence-corrected chi connectivity index (χ3v) is 5.87. The van der Waals surface area contributed by atoms with Gasteiger partial charge in [0.05, 0.1) is 20.1 Å². The molecule has 3 rings (SSSR count). The summed E-state index contributed by atoms with van der Waals surface area (Å²) in [4.78, 5) is 12.0. The highest BCUT2D eigenvalue weighted by Crippen LogP contribution is 2.41. The first-order chi connectivity index (χ1) is 11.9. The molecule has 0 saturated heterocycles. The van der Waals surface area contributed by atoms with Crippen LogP contribution in [-0.2, 0) is 22.4 Å². The first-order valence-corrected chi connectivity index (χ1v) is 9.13. The Morgan fingerprint density at radius 2 is 2.08 bits per heavy atom. The third-order valence-electron chi connectivity index (χ3n) is 4.85. The van der Waals surface area contributed by atoms with E-state index in [-0.39, 0.29) is 12.4 Å². The minimum atomic E-state index is -0.272. The predicted octanol–water partition coefficient (Wildman–Crippen LogP) is 4.36. The van der Waals surface area contributed by atoms with Crippen molar-refractivity contribution in [3.63, 3.8) is 0 Å². The van der Waals surface area contributed by atoms with Crippen LogP contribution in [0.4, 0.5) is 5.69 Å². The number of nitrogens with two attached hydrogens (primary N) is 1. The zero-order chi connectivity index (χ0) is 18.1. The van der Waals surface area contributed by atoms with Crippen molar-refractivity contribution in [3.05, 3.63) is 44.9 Å². The number of ether oxygens (including phenoxy) is 2. The van der Waals surface area contributed by atoms with E-state index in [9.17, 15) is 4.79 Å². The number of benzene rings is 2. The van der Waals surface area contributed by atoms with E-state index in [0.717, 1.165) is 57.5 Å². The fraction of sp³-hybridized carbons (Fsp3) is 0.350. The minimum absolute atomic E-state index is 0.198. The zero-order valence-corrected chi connectivity index (χ0v) is 16.3. The Bertz CT molecular complexity index is 846. The maximum absolute atomic E-state index is 12.0. The van der Waals surface area contributed by atoms with Gasteiger partial charge in [-0.1, -0.05) is 6.07 Å². The van der Waals surface area contributed by atoms with Crippen molar-refractivity contribution in [1.82, 2.24) is 0 Å². The molecule has 2 N–H and O–H groups in total. The molecule has 0 fully saturated rings. The Labute approximate surface area is 156 Å². The van der Waals surface area contributed by atoms with Crippen molar-refractivity contribution in [3.8, 4) is 16.9 Å². The second-order valence-corrected chi connectivity index (χ2v) is 7.15. The summed E-state index contributed by atoms with van der Waals surface area (Å²) in [5.41, 5.74) is 13.1. The second kappa shape index (κ2) is 7.08. The van der Waals surface area contributed by atoms with Crippen molar-refractivity contribution < 1.29 is 14.3 Å². The van der Waals surface area contributed by atoms with Crippen LogP contribution in [0.3, 0.4) is 0 Å². The Balaban J connectivity index is 2.22. The Hall–Kier alpha value is -2.01. The number of carbonyl (C=O) groups excluding carboxylic acids is 1. The summed E-state index contributed by atoms with van der Waals surface area (Å²) in [6.07, 6.45) is 2.22. The predicted molar refractivity (Wildman–Crippen MR) is 103 cm³/mol. The van der Waals surface area contributed by atoms with Crippen molar-refractivity contribution in [1.29, 1.82) is 0 Å². The largest absolute Gasteiger partial charge is 0.493 e. The van der Waals surface area contributed by atoms with Crippen LogP contribution in [0.2, 0.25) is 0 Å². The summed E-state index contributed by atoms with van der Waals surface area (Å²) in [6, 6.07) is 6.24. The molecule has 4 nitrogen and oxygen atoms in total. The van der Waals surface area contributed by atoms with Gasteiger partial charge in [-0.2, -0.15) is 0 Å². The summed E-state index contributed by atoms with van der Waals surface area (Å²) in [7, 11) is 1.41. The zero-order valence-electron chi connectivity index (χ0n) is 14.7. The van der Waals surface area contributed by atoms with Crippen molar-refractivity contribution in [2.75, 3.05) is 19.5 Å². The Morgan fingerprint density at radius 3 is 2.80 bits per heavy atom. The molecule has 0 radical (unpaired) electrons. The van der Waals surface area contributed by atoms with E-state index < -0.39 is 0 Å². The molecule has 0 bridgehead atoms. The monoisotopic (exact) mass is 403 g/mol. The molecule has 0 aliphatic carbocycles. The number of hydrogen-bond acceptors (Lipinski definition) is 4. The minimum Gasteiger partial charge on any atom is -0.493 e. The lowest BCUT2D eigenvalue weighted by molar-refractivity contribution is -0.139. The molecular formula is C20H22BrNO3. The molecule has 2 aromatic carbocycles. The Morgan fingerprint density at radius 1 is 1.32 bits per heavy atom. The summed E-state index contributed by atoms with van der Waals surface area (Å²) >= 11 is 3.60. The van der Waals surface area contributed by atoms with Gasteiger partial charge in [-0.25, -0.2) is 0 Å². The van der Waals surface area contributed by atoms with E-state index in [4.69, 9.17) is 15.2 Å². The number of aryl methyl sites for hydroxylation is 1. The molecule has 0 atom stereocenters. The van der Waals surface area contributed by atoms with E-state index in [1.165, 1.54) is 12.7 Å². The van der Waals surface area contributed by atoms with E-state index in [1.54, 1.807) is 0 Å². The van der Waals surface area contributed by atoms with Crippen molar-refractivity contribution in [2.45, 2.75) is 33.1 Å². The molecular weight excluding hydrogens is 382 g/mol. The second-order valence-electron chi connectivity index (χ2n) is 6.36. The van der Waals surface area contributed by atoms with Gasteiger partial charge < -0.3 is 15.2 Å². The maximum Gasteiger partial charge on any atom is 0.310 e. The normalized spacial score (nSPS) is 13.1. The van der Waals surface area contributed by atoms with Crippen molar-refractivity contribution in [2.24, 2.45) is 0 Å². The number of fused-ring (bicyclic) bond motifs is 1. The van der Waals surface area contributed by atoms with Crippen LogP contribution in [0.1, 0.15) is 28.7 Å². The summed E-state index contributed by atoms with van der Waals surface area (Å²) in [5, 5.41) is 0. The standard InChI is InChI=1S/C20H22BrNO3/c1-11-15(10-17(23)24-3)18(12(2)19(21)20(11)22)14-6-7-16-13(9-14)5-4-8-25-16/h6-7,9H,4-5,8,10,22H2,1-3H3. The van der Waals surface area contributed by atoms with E-state index in [1.807, 2.05) is 19.9 Å². The van der Waals surface area contributed by atoms with Gasteiger partial charge in [-0.05, 0) is 88.1 Å². The average molecular weight is 404 g/mol. The van der Waals surface area contributed by atoms with Crippen LogP contribution in [-0.4, -0.2) is 19.7 Å². The molecule has 0 amide bonds. The maximum atomic E-state index is 12.0. The van der Waals surface area contributed by atoms with Crippen LogP contribution in [0, 0.1) is 13.8 Å². The van der Waals surface area contributed by atoms with Gasteiger partial charge in [-0.3, -0.25) is 4.79 Å². The number of rotatable bonds is 3. The fourth-order valence-electron chi connectivity index (χ4n) is 3.40. The van der Waals surface area contributed by atoms with E-state index >= 15 is 0 Å². The first-order valence-electron chi connectivity index (χ1n) is 8.34. The lowest BCUT2D eigenvalue weighted by atomic mass is 9.88. The quantitative estimate of drug-likeness (QED) is 0.610. The van der Waals surface area contributed by atoms with Crippen molar-refractivity contribution >= 4 is 27.6 Å². The number of esters is 1. The Kier molecular flexibility index (Phi) is 5.04. The summed E-state index contributed by atoms with van der Waals surface area (Å²) in [5.74, 6) is 0.681. The first kappa shape index (κ1) is 17.8. The highest BCUT2D eigenvalue weighted by molar-refractivity contribution is 9.10. The number of anilines is 1. The van der Waals surface area contributed by atoms with Crippen LogP contribution in [0.15, 0.2) is 22.7 Å². The highest BCUT2D eigenvalue weighted by Gasteiger charge is 2.21. The van der Waals surface area contributed by atoms with Crippen LogP contribution in [0.25, 0.3) is 11.1 Å². The van der Waals surface area contributed by atoms with Crippen LogP contribution < -0.4 is 10.5 Å². The van der Waals surface area contributed by atoms with Gasteiger partial charge in [0.1, 0.15) is 5.75 Å². The molecule has 0 spiro atoms. The van der Waals surface area contributed by atoms with E-state index in [0.29, 0.717) is 5.69 Å². The SMILES string of the molecule is COC(=O)Cc1c(C)c(N)c(Br)c(C)c1-c1ccc2c(c1)CCCO2. The third kappa shape index (κ3) is 3.25. The van der Waals surface area contributed by atoms with Gasteiger partial charge in [-0.15, -0.1) is 0 Å². The highest BCUT2D eigenvalue weighted by atomic mass is 79.9. The molecule has 1 aliphatic rings. The molecule has 0 aromatic heterocycles. The lowest BCUT2D eigenvalue weighted by Gasteiger charge is -2.22. The number of methoxy groups -OCH3 is 1. The fourth-order valence-corrected chi connectivity index (χ4v) is 3.89. The van der Waals surface area contributed by atoms with Crippen LogP contribution in [0.5, 0.6) is 5.75 Å². The number of carbonyl (C=O) groups is 1. The van der Waals surface area contributed by atoms with Gasteiger partial charge in [0.2, 0.25) is 0 Å². The molecule has 5 heteroatoms. The van der Waals surface area contributed by atoms with Crippen LogP contribution >= 0.6 is 15.9 Å². The molecule has 1 aliphatic heterocycles. The molecule has 132 valence electrons. The van der Waals surface area contributed by atoms with Gasteiger partial charge >= 0.3 is 5.97 Å². The lowest BCUT2D eigenvalue weighted by Crippen LogP contribution is -2.11. The number of hydrogen-bond donors (Lipinski definition) is 1. The summed E-state index contributed by atoms with van der Waals surface area (Å²) < 4.78 is 11.5. The molecule has 0 unspecified atom stereocenters. The van der Waals surface area contributed by atoms with Gasteiger partial charge in [0.25, 0.3) is 0 Å².